The molecule has 1 rings (SSSR count). The molecule has 0 aliphatic rings. The highest BCUT2D eigenvalue weighted by Gasteiger charge is 2.24. The first-order chi connectivity index (χ1) is 12.0. The van der Waals surface area contributed by atoms with Crippen LogP contribution in [0.25, 0.3) is 0 Å². The van der Waals surface area contributed by atoms with E-state index in [1.165, 1.54) is 37.8 Å². The van der Waals surface area contributed by atoms with E-state index in [1.54, 1.807) is 0 Å². The lowest BCUT2D eigenvalue weighted by Gasteiger charge is -2.22. The molecule has 3 nitrogen and oxygen atoms in total. The summed E-state index contributed by atoms with van der Waals surface area (Å²) >= 11 is 4.61. The minimum Gasteiger partial charge on any atom is -0.353 e. The van der Waals surface area contributed by atoms with Gasteiger partial charge in [-0.25, -0.2) is 0 Å². The molecule has 1 N–H and O–H groups in total. The van der Waals surface area contributed by atoms with Gasteiger partial charge in [0.25, 0.3) is 0 Å². The van der Waals surface area contributed by atoms with E-state index in [4.69, 9.17) is 0 Å². The van der Waals surface area contributed by atoms with Crippen LogP contribution in [0.2, 0.25) is 0 Å². The van der Waals surface area contributed by atoms with Crippen LogP contribution < -0.4 is 5.32 Å². The minimum atomic E-state index is -0.544. The maximum absolute atomic E-state index is 12.1. The van der Waals surface area contributed by atoms with Gasteiger partial charge in [0.2, 0.25) is 5.91 Å². The van der Waals surface area contributed by atoms with Crippen LogP contribution in [-0.2, 0) is 14.3 Å². The fourth-order valence-corrected chi connectivity index (χ4v) is 2.95. The Labute approximate surface area is 157 Å². The van der Waals surface area contributed by atoms with E-state index in [2.05, 4.69) is 24.9 Å². The second-order valence-electron chi connectivity index (χ2n) is 6.68. The standard InChI is InChI=1S/C21H31NO2S/c1-3-4-5-6-7-11-16-22-20(24)15-14-19(23)17-21(2,25)18-12-9-8-10-13-18/h8-10,12-15,25H,3-7,11,16-17H2,1-2H3,(H,22,24). The number of allylic oxidation sites excluding steroid dienone is 1. The molecular formula is C21H31NO2S. The summed E-state index contributed by atoms with van der Waals surface area (Å²) in [5.41, 5.74) is 0.993. The number of amides is 1. The zero-order valence-electron chi connectivity index (χ0n) is 15.5. The Balaban J connectivity index is 2.28. The summed E-state index contributed by atoms with van der Waals surface area (Å²) in [4.78, 5) is 23.8. The van der Waals surface area contributed by atoms with E-state index < -0.39 is 4.75 Å². The van der Waals surface area contributed by atoms with Crippen LogP contribution in [-0.4, -0.2) is 18.2 Å². The molecule has 0 aliphatic heterocycles. The van der Waals surface area contributed by atoms with Crippen LogP contribution in [0.15, 0.2) is 42.5 Å². The Morgan fingerprint density at radius 3 is 2.36 bits per heavy atom. The van der Waals surface area contributed by atoms with E-state index in [0.29, 0.717) is 6.54 Å². The third-order valence-corrected chi connectivity index (χ3v) is 4.58. The van der Waals surface area contributed by atoms with E-state index in [0.717, 1.165) is 18.4 Å². The first-order valence-electron chi connectivity index (χ1n) is 9.22. The van der Waals surface area contributed by atoms with Gasteiger partial charge in [-0.15, -0.1) is 0 Å². The Kier molecular flexibility index (Phi) is 10.2. The largest absolute Gasteiger partial charge is 0.353 e. The number of benzene rings is 1. The fraction of sp³-hybridized carbons (Fsp3) is 0.524. The maximum Gasteiger partial charge on any atom is 0.244 e. The predicted octanol–water partition coefficient (Wildman–Crippen LogP) is 4.82. The second kappa shape index (κ2) is 11.9. The molecule has 1 aromatic rings. The van der Waals surface area contributed by atoms with Gasteiger partial charge in [-0.1, -0.05) is 69.4 Å². The molecule has 1 atom stereocenters. The third kappa shape index (κ3) is 9.49. The zero-order valence-corrected chi connectivity index (χ0v) is 16.4. The molecule has 0 saturated heterocycles. The topological polar surface area (TPSA) is 46.2 Å². The molecule has 0 bridgehead atoms. The van der Waals surface area contributed by atoms with Crippen LogP contribution in [0.3, 0.4) is 0 Å². The average molecular weight is 362 g/mol. The summed E-state index contributed by atoms with van der Waals surface area (Å²) < 4.78 is -0.544. The maximum atomic E-state index is 12.1. The smallest absolute Gasteiger partial charge is 0.244 e. The van der Waals surface area contributed by atoms with Crippen molar-refractivity contribution >= 4 is 24.3 Å². The van der Waals surface area contributed by atoms with Gasteiger partial charge in [0.15, 0.2) is 5.78 Å². The number of thiol groups is 1. The first-order valence-corrected chi connectivity index (χ1v) is 9.67. The molecule has 4 heteroatoms. The van der Waals surface area contributed by atoms with Crippen molar-refractivity contribution in [1.29, 1.82) is 0 Å². The molecule has 0 saturated carbocycles. The summed E-state index contributed by atoms with van der Waals surface area (Å²) in [6.45, 7) is 4.78. The van der Waals surface area contributed by atoms with E-state index in [-0.39, 0.29) is 18.1 Å². The lowest BCUT2D eigenvalue weighted by atomic mass is 9.94. The van der Waals surface area contributed by atoms with Gasteiger partial charge in [-0.05, 0) is 25.0 Å². The number of nitrogens with one attached hydrogen (secondary N) is 1. The molecule has 0 radical (unpaired) electrons. The molecule has 0 spiro atoms. The molecular weight excluding hydrogens is 330 g/mol. The van der Waals surface area contributed by atoms with Gasteiger partial charge in [-0.3, -0.25) is 9.59 Å². The first kappa shape index (κ1) is 21.5. The van der Waals surface area contributed by atoms with Crippen LogP contribution in [0.5, 0.6) is 0 Å². The van der Waals surface area contributed by atoms with Crippen molar-refractivity contribution in [3.05, 3.63) is 48.0 Å². The molecule has 0 heterocycles. The molecule has 0 fully saturated rings. The van der Waals surface area contributed by atoms with Gasteiger partial charge >= 0.3 is 0 Å². The minimum absolute atomic E-state index is 0.101. The molecule has 1 aromatic carbocycles. The van der Waals surface area contributed by atoms with Gasteiger partial charge in [-0.2, -0.15) is 12.6 Å². The lowest BCUT2D eigenvalue weighted by Crippen LogP contribution is -2.23. The number of unbranched alkanes of at least 4 members (excludes halogenated alkanes) is 5. The van der Waals surface area contributed by atoms with Crippen molar-refractivity contribution < 1.29 is 9.59 Å². The van der Waals surface area contributed by atoms with Crippen molar-refractivity contribution in [2.24, 2.45) is 0 Å². The average Bonchev–Trinajstić information content (AvgIpc) is 2.59. The summed E-state index contributed by atoms with van der Waals surface area (Å²) in [6.07, 6.45) is 10.1. The van der Waals surface area contributed by atoms with Gasteiger partial charge in [0, 0.05) is 23.8 Å². The zero-order chi connectivity index (χ0) is 18.5. The van der Waals surface area contributed by atoms with Gasteiger partial charge < -0.3 is 5.32 Å². The summed E-state index contributed by atoms with van der Waals surface area (Å²) in [5.74, 6) is -0.307. The number of hydrogen-bond acceptors (Lipinski definition) is 3. The van der Waals surface area contributed by atoms with Crippen LogP contribution in [0.4, 0.5) is 0 Å². The van der Waals surface area contributed by atoms with Gasteiger partial charge in [0.05, 0.1) is 0 Å². The molecule has 0 aliphatic carbocycles. The lowest BCUT2D eigenvalue weighted by molar-refractivity contribution is -0.118. The van der Waals surface area contributed by atoms with Crippen molar-refractivity contribution in [3.63, 3.8) is 0 Å². The van der Waals surface area contributed by atoms with Gasteiger partial charge in [0.1, 0.15) is 0 Å². The highest BCUT2D eigenvalue weighted by Crippen LogP contribution is 2.31. The SMILES string of the molecule is CCCCCCCCNC(=O)C=CC(=O)CC(C)(S)c1ccccc1. The number of rotatable bonds is 12. The van der Waals surface area contributed by atoms with Crippen LogP contribution >= 0.6 is 12.6 Å². The Morgan fingerprint density at radius 1 is 1.04 bits per heavy atom. The Hall–Kier alpha value is -1.55. The summed E-state index contributed by atoms with van der Waals surface area (Å²) in [5, 5.41) is 2.83. The third-order valence-electron chi connectivity index (χ3n) is 4.16. The van der Waals surface area contributed by atoms with Crippen molar-refractivity contribution in [2.45, 2.75) is 63.5 Å². The number of hydrogen-bond donors (Lipinski definition) is 2. The highest BCUT2D eigenvalue weighted by molar-refractivity contribution is 7.81. The Bertz CT molecular complexity index is 552. The normalized spacial score (nSPS) is 13.6. The summed E-state index contributed by atoms with van der Waals surface area (Å²) in [7, 11) is 0. The molecule has 1 unspecified atom stereocenters. The van der Waals surface area contributed by atoms with E-state index in [1.807, 2.05) is 37.3 Å². The van der Waals surface area contributed by atoms with Crippen molar-refractivity contribution in [1.82, 2.24) is 5.32 Å². The van der Waals surface area contributed by atoms with E-state index >= 15 is 0 Å². The monoisotopic (exact) mass is 361 g/mol. The molecule has 1 amide bonds. The van der Waals surface area contributed by atoms with Crippen LogP contribution in [0, 0.1) is 0 Å². The number of carbonyl (C=O) groups excluding carboxylic acids is 2. The quantitative estimate of drug-likeness (QED) is 0.318. The van der Waals surface area contributed by atoms with Crippen LogP contribution in [0.1, 0.15) is 64.4 Å². The van der Waals surface area contributed by atoms with Crippen molar-refractivity contribution in [3.8, 4) is 0 Å². The highest BCUT2D eigenvalue weighted by atomic mass is 32.1. The predicted molar refractivity (Wildman–Crippen MR) is 108 cm³/mol. The molecule has 0 aromatic heterocycles. The van der Waals surface area contributed by atoms with Crippen molar-refractivity contribution in [2.75, 3.05) is 6.54 Å². The second-order valence-corrected chi connectivity index (χ2v) is 7.66. The van der Waals surface area contributed by atoms with E-state index in [9.17, 15) is 9.59 Å². The Morgan fingerprint density at radius 2 is 1.68 bits per heavy atom. The number of ketones is 1. The number of carbonyl (C=O) groups is 2. The molecule has 25 heavy (non-hydrogen) atoms. The molecule has 138 valence electrons. The summed E-state index contributed by atoms with van der Waals surface area (Å²) in [6, 6.07) is 9.71. The fourth-order valence-electron chi connectivity index (χ4n) is 2.64.